The van der Waals surface area contributed by atoms with Gasteiger partial charge in [0.15, 0.2) is 5.69 Å². The number of benzene rings is 1. The molecule has 0 aliphatic heterocycles. The molecule has 1 heterocycles. The Labute approximate surface area is 114 Å². The van der Waals surface area contributed by atoms with E-state index in [1.54, 1.807) is 24.3 Å². The molecule has 0 aliphatic carbocycles. The van der Waals surface area contributed by atoms with Gasteiger partial charge in [-0.2, -0.15) is 5.26 Å². The molecule has 7 nitrogen and oxygen atoms in total. The Bertz CT molecular complexity index is 655. The highest BCUT2D eigenvalue weighted by Crippen LogP contribution is 2.14. The van der Waals surface area contributed by atoms with E-state index in [-0.39, 0.29) is 12.3 Å². The number of aromatic hydroxyl groups is 1. The van der Waals surface area contributed by atoms with E-state index in [1.165, 1.54) is 10.9 Å². The maximum atomic E-state index is 11.1. The third-order valence-corrected chi connectivity index (χ3v) is 2.64. The van der Waals surface area contributed by atoms with Crippen molar-refractivity contribution < 1.29 is 14.6 Å². The Morgan fingerprint density at radius 2 is 2.15 bits per heavy atom. The van der Waals surface area contributed by atoms with Crippen molar-refractivity contribution in [1.82, 2.24) is 9.55 Å². The van der Waals surface area contributed by atoms with E-state index in [0.29, 0.717) is 17.9 Å². The standard InChI is InChI=1S/C13H12N4O3/c14-7-9-1-3-10(4-2-9)20-6-5-17-8-16-13(19)11(17)12(15)18/h1-4,8,19H,5-6H2,(H2,15,18). The number of primary amides is 1. The Morgan fingerprint density at radius 3 is 2.75 bits per heavy atom. The highest BCUT2D eigenvalue weighted by atomic mass is 16.5. The maximum absolute atomic E-state index is 11.1. The van der Waals surface area contributed by atoms with E-state index < -0.39 is 11.8 Å². The second-order valence-electron chi connectivity index (χ2n) is 3.96. The molecule has 0 unspecified atom stereocenters. The van der Waals surface area contributed by atoms with Gasteiger partial charge in [-0.3, -0.25) is 4.79 Å². The third kappa shape index (κ3) is 2.87. The van der Waals surface area contributed by atoms with Crippen LogP contribution in [0.1, 0.15) is 16.1 Å². The highest BCUT2D eigenvalue weighted by molar-refractivity contribution is 5.93. The molecule has 0 saturated heterocycles. The minimum atomic E-state index is -0.752. The Hall–Kier alpha value is -3.01. The largest absolute Gasteiger partial charge is 0.492 e. The number of nitriles is 1. The topological polar surface area (TPSA) is 114 Å². The Kier molecular flexibility index (Phi) is 3.86. The van der Waals surface area contributed by atoms with Gasteiger partial charge in [0.2, 0.25) is 5.88 Å². The van der Waals surface area contributed by atoms with E-state index in [1.807, 2.05) is 6.07 Å². The molecule has 1 aromatic heterocycles. The second-order valence-corrected chi connectivity index (χ2v) is 3.96. The smallest absolute Gasteiger partial charge is 0.271 e. The van der Waals surface area contributed by atoms with Crippen LogP contribution in [0.5, 0.6) is 11.6 Å². The first-order chi connectivity index (χ1) is 9.61. The molecule has 0 spiro atoms. The predicted molar refractivity (Wildman–Crippen MR) is 69.1 cm³/mol. The summed E-state index contributed by atoms with van der Waals surface area (Å²) in [6.07, 6.45) is 1.32. The normalized spacial score (nSPS) is 9.95. The number of hydrogen-bond acceptors (Lipinski definition) is 5. The lowest BCUT2D eigenvalue weighted by atomic mass is 10.2. The fourth-order valence-corrected chi connectivity index (χ4v) is 1.68. The van der Waals surface area contributed by atoms with Crippen molar-refractivity contribution in [3.8, 4) is 17.7 Å². The van der Waals surface area contributed by atoms with Gasteiger partial charge in [0.1, 0.15) is 12.4 Å². The molecule has 102 valence electrons. The number of ether oxygens (including phenoxy) is 1. The van der Waals surface area contributed by atoms with Crippen molar-refractivity contribution in [2.75, 3.05) is 6.61 Å². The van der Waals surface area contributed by atoms with E-state index in [9.17, 15) is 9.90 Å². The molecule has 20 heavy (non-hydrogen) atoms. The first kappa shape index (κ1) is 13.4. The minimum Gasteiger partial charge on any atom is -0.492 e. The zero-order chi connectivity index (χ0) is 14.5. The van der Waals surface area contributed by atoms with Crippen LogP contribution in [-0.4, -0.2) is 27.2 Å². The summed E-state index contributed by atoms with van der Waals surface area (Å²) in [5, 5.41) is 18.0. The monoisotopic (exact) mass is 272 g/mol. The molecule has 0 saturated carbocycles. The van der Waals surface area contributed by atoms with Crippen LogP contribution in [0.3, 0.4) is 0 Å². The molecule has 0 fully saturated rings. The summed E-state index contributed by atoms with van der Waals surface area (Å²) in [6.45, 7) is 0.577. The number of carbonyl (C=O) groups excluding carboxylic acids is 1. The summed E-state index contributed by atoms with van der Waals surface area (Å²) in [7, 11) is 0. The molecule has 2 rings (SSSR count). The summed E-state index contributed by atoms with van der Waals surface area (Å²) < 4.78 is 6.88. The summed E-state index contributed by atoms with van der Waals surface area (Å²) in [5.74, 6) is -0.539. The molecule has 0 atom stereocenters. The van der Waals surface area contributed by atoms with Crippen LogP contribution in [-0.2, 0) is 6.54 Å². The number of rotatable bonds is 5. The van der Waals surface area contributed by atoms with E-state index in [2.05, 4.69) is 4.98 Å². The molecule has 0 radical (unpaired) electrons. The lowest BCUT2D eigenvalue weighted by Gasteiger charge is -2.08. The van der Waals surface area contributed by atoms with E-state index >= 15 is 0 Å². The van der Waals surface area contributed by atoms with Crippen molar-refractivity contribution in [1.29, 1.82) is 5.26 Å². The molecule has 2 aromatic rings. The number of nitrogens with two attached hydrogens (primary N) is 1. The van der Waals surface area contributed by atoms with Gasteiger partial charge in [0.25, 0.3) is 5.91 Å². The summed E-state index contributed by atoms with van der Waals surface area (Å²) in [5.41, 5.74) is 5.64. The van der Waals surface area contributed by atoms with Crippen molar-refractivity contribution in [2.45, 2.75) is 6.54 Å². The third-order valence-electron chi connectivity index (χ3n) is 2.64. The molecular weight excluding hydrogens is 260 g/mol. The number of hydrogen-bond donors (Lipinski definition) is 2. The minimum absolute atomic E-state index is 0.0478. The van der Waals surface area contributed by atoms with Gasteiger partial charge in [-0.05, 0) is 24.3 Å². The van der Waals surface area contributed by atoms with Crippen molar-refractivity contribution in [3.05, 3.63) is 41.9 Å². The molecular formula is C13H12N4O3. The number of imidazole rings is 1. The van der Waals surface area contributed by atoms with Gasteiger partial charge in [-0.15, -0.1) is 0 Å². The zero-order valence-electron chi connectivity index (χ0n) is 10.5. The van der Waals surface area contributed by atoms with Gasteiger partial charge < -0.3 is 20.1 Å². The molecule has 0 bridgehead atoms. The summed E-state index contributed by atoms with van der Waals surface area (Å²) in [4.78, 5) is 14.7. The quantitative estimate of drug-likeness (QED) is 0.828. The number of amides is 1. The summed E-state index contributed by atoms with van der Waals surface area (Å²) >= 11 is 0. The van der Waals surface area contributed by atoms with Crippen LogP contribution in [0, 0.1) is 11.3 Å². The zero-order valence-corrected chi connectivity index (χ0v) is 10.5. The van der Waals surface area contributed by atoms with Gasteiger partial charge in [-0.1, -0.05) is 0 Å². The first-order valence-corrected chi connectivity index (χ1v) is 5.78. The van der Waals surface area contributed by atoms with Crippen LogP contribution in [0.4, 0.5) is 0 Å². The van der Waals surface area contributed by atoms with Crippen LogP contribution < -0.4 is 10.5 Å². The van der Waals surface area contributed by atoms with E-state index in [4.69, 9.17) is 15.7 Å². The Balaban J connectivity index is 1.96. The number of carbonyl (C=O) groups is 1. The fraction of sp³-hybridized carbons (Fsp3) is 0.154. The highest BCUT2D eigenvalue weighted by Gasteiger charge is 2.15. The molecule has 7 heteroatoms. The SMILES string of the molecule is N#Cc1ccc(OCCn2cnc(O)c2C(N)=O)cc1. The maximum Gasteiger partial charge on any atom is 0.271 e. The molecule has 1 amide bonds. The number of nitrogens with zero attached hydrogens (tertiary/aromatic N) is 3. The van der Waals surface area contributed by atoms with Gasteiger partial charge in [0, 0.05) is 0 Å². The fourth-order valence-electron chi connectivity index (χ4n) is 1.68. The second kappa shape index (κ2) is 5.75. The van der Waals surface area contributed by atoms with Crippen LogP contribution in [0.25, 0.3) is 0 Å². The van der Waals surface area contributed by atoms with Crippen molar-refractivity contribution >= 4 is 5.91 Å². The predicted octanol–water partition coefficient (Wildman–Crippen LogP) is 0.638. The van der Waals surface area contributed by atoms with Crippen LogP contribution in [0.2, 0.25) is 0 Å². The lowest BCUT2D eigenvalue weighted by molar-refractivity contribution is 0.0987. The Morgan fingerprint density at radius 1 is 1.45 bits per heavy atom. The first-order valence-electron chi connectivity index (χ1n) is 5.78. The van der Waals surface area contributed by atoms with Gasteiger partial charge in [0.05, 0.1) is 24.5 Å². The summed E-state index contributed by atoms with van der Waals surface area (Å²) in [6, 6.07) is 8.66. The average Bonchev–Trinajstić information content (AvgIpc) is 2.81. The average molecular weight is 272 g/mol. The molecule has 3 N–H and O–H groups in total. The van der Waals surface area contributed by atoms with Gasteiger partial charge in [-0.25, -0.2) is 4.98 Å². The van der Waals surface area contributed by atoms with Crippen LogP contribution in [0.15, 0.2) is 30.6 Å². The lowest BCUT2D eigenvalue weighted by Crippen LogP contribution is -2.19. The van der Waals surface area contributed by atoms with Crippen LogP contribution >= 0.6 is 0 Å². The van der Waals surface area contributed by atoms with E-state index in [0.717, 1.165) is 0 Å². The van der Waals surface area contributed by atoms with Crippen molar-refractivity contribution in [2.24, 2.45) is 5.73 Å². The molecule has 0 aliphatic rings. The molecule has 1 aromatic carbocycles. The number of aromatic nitrogens is 2. The van der Waals surface area contributed by atoms with Crippen molar-refractivity contribution in [3.63, 3.8) is 0 Å². The van der Waals surface area contributed by atoms with Gasteiger partial charge >= 0.3 is 0 Å².